The summed E-state index contributed by atoms with van der Waals surface area (Å²) in [5.41, 5.74) is 0. The summed E-state index contributed by atoms with van der Waals surface area (Å²) in [6.45, 7) is 2.44. The molecule has 4 atom stereocenters. The van der Waals surface area contributed by atoms with Crippen LogP contribution in [0.2, 0.25) is 0 Å². The van der Waals surface area contributed by atoms with Crippen molar-refractivity contribution in [2.75, 3.05) is 19.8 Å². The fraction of sp³-hybridized carbons (Fsp3) is 0.923. The number of allylic oxidation sites excluding steroid dienone is 2. The second kappa shape index (κ2) is 20.2. The monoisotopic (exact) mass is 442 g/mol. The Morgan fingerprint density at radius 1 is 0.839 bits per heavy atom. The third kappa shape index (κ3) is 14.3. The summed E-state index contributed by atoms with van der Waals surface area (Å²) >= 11 is 0. The number of aliphatic hydroxyl groups excluding tert-OH is 3. The molecule has 0 unspecified atom stereocenters. The first-order valence-electron chi connectivity index (χ1n) is 13.0. The molecule has 0 aromatic rings. The topological polar surface area (TPSA) is 79.2 Å². The molecule has 1 heterocycles. The summed E-state index contributed by atoms with van der Waals surface area (Å²) < 4.78 is 11.1. The van der Waals surface area contributed by atoms with Crippen LogP contribution in [-0.4, -0.2) is 59.6 Å². The van der Waals surface area contributed by atoms with Crippen molar-refractivity contribution in [3.8, 4) is 0 Å². The van der Waals surface area contributed by atoms with Crippen LogP contribution in [-0.2, 0) is 9.47 Å². The summed E-state index contributed by atoms with van der Waals surface area (Å²) in [4.78, 5) is 0. The van der Waals surface area contributed by atoms with E-state index in [1.54, 1.807) is 0 Å². The Morgan fingerprint density at radius 2 is 1.32 bits per heavy atom. The van der Waals surface area contributed by atoms with Crippen LogP contribution in [0.15, 0.2) is 12.2 Å². The Hall–Kier alpha value is -0.460. The molecule has 0 spiro atoms. The number of unbranched alkanes of at least 4 members (excludes halogenated alkanes) is 15. The van der Waals surface area contributed by atoms with Crippen molar-refractivity contribution in [2.24, 2.45) is 0 Å². The highest BCUT2D eigenvalue weighted by Crippen LogP contribution is 2.21. The summed E-state index contributed by atoms with van der Waals surface area (Å²) in [6, 6.07) is 0. The molecule has 31 heavy (non-hydrogen) atoms. The van der Waals surface area contributed by atoms with Gasteiger partial charge in [-0.05, 0) is 26.2 Å². The Kier molecular flexibility index (Phi) is 18.6. The first-order valence-corrected chi connectivity index (χ1v) is 13.0. The van der Waals surface area contributed by atoms with Gasteiger partial charge in [0, 0.05) is 6.61 Å². The molecule has 0 aliphatic carbocycles. The molecular formula is C26H50O5. The molecule has 0 bridgehead atoms. The van der Waals surface area contributed by atoms with Crippen molar-refractivity contribution in [3.63, 3.8) is 0 Å². The SMILES string of the molecule is C/C=C/CCCCCCCCCCCCCCCCCO[C@@H]1[C@H]([C@H](O)CO)OC[C@@H]1O. The Labute approximate surface area is 191 Å². The maximum atomic E-state index is 9.91. The fourth-order valence-electron chi connectivity index (χ4n) is 4.31. The van der Waals surface area contributed by atoms with E-state index in [0.717, 1.165) is 12.8 Å². The van der Waals surface area contributed by atoms with Gasteiger partial charge < -0.3 is 24.8 Å². The smallest absolute Gasteiger partial charge is 0.114 e. The summed E-state index contributed by atoms with van der Waals surface area (Å²) in [6.07, 6.45) is 22.6. The molecule has 1 fully saturated rings. The minimum Gasteiger partial charge on any atom is -0.394 e. The Balaban J connectivity index is 1.80. The second-order valence-electron chi connectivity index (χ2n) is 9.11. The lowest BCUT2D eigenvalue weighted by Crippen LogP contribution is -2.42. The van der Waals surface area contributed by atoms with Crippen LogP contribution in [0, 0.1) is 0 Å². The molecule has 1 rings (SSSR count). The molecular weight excluding hydrogens is 392 g/mol. The van der Waals surface area contributed by atoms with Gasteiger partial charge in [-0.2, -0.15) is 0 Å². The molecule has 5 heteroatoms. The van der Waals surface area contributed by atoms with Gasteiger partial charge in [0.05, 0.1) is 13.2 Å². The van der Waals surface area contributed by atoms with Crippen LogP contribution in [0.25, 0.3) is 0 Å². The highest BCUT2D eigenvalue weighted by atomic mass is 16.6. The minimum atomic E-state index is -1.000. The van der Waals surface area contributed by atoms with Crippen molar-refractivity contribution >= 4 is 0 Å². The van der Waals surface area contributed by atoms with Crippen molar-refractivity contribution in [1.82, 2.24) is 0 Å². The van der Waals surface area contributed by atoms with Gasteiger partial charge in [0.1, 0.15) is 24.4 Å². The van der Waals surface area contributed by atoms with Crippen LogP contribution in [0.3, 0.4) is 0 Å². The number of ether oxygens (including phenoxy) is 2. The lowest BCUT2D eigenvalue weighted by Gasteiger charge is -2.23. The van der Waals surface area contributed by atoms with Gasteiger partial charge in [0.15, 0.2) is 0 Å². The first kappa shape index (κ1) is 28.6. The molecule has 3 N–H and O–H groups in total. The highest BCUT2D eigenvalue weighted by molar-refractivity contribution is 4.89. The summed E-state index contributed by atoms with van der Waals surface area (Å²) in [5.74, 6) is 0. The molecule has 184 valence electrons. The molecule has 0 aromatic carbocycles. The Morgan fingerprint density at radius 3 is 1.81 bits per heavy atom. The van der Waals surface area contributed by atoms with Gasteiger partial charge in [0.25, 0.3) is 0 Å². The van der Waals surface area contributed by atoms with E-state index in [1.165, 1.54) is 89.9 Å². The van der Waals surface area contributed by atoms with Crippen LogP contribution < -0.4 is 0 Å². The molecule has 0 aromatic heterocycles. The third-order valence-electron chi connectivity index (χ3n) is 6.29. The molecule has 1 aliphatic rings. The summed E-state index contributed by atoms with van der Waals surface area (Å²) in [5, 5.41) is 28.7. The molecule has 5 nitrogen and oxygen atoms in total. The average Bonchev–Trinajstić information content (AvgIpc) is 3.15. The quantitative estimate of drug-likeness (QED) is 0.166. The van der Waals surface area contributed by atoms with Crippen LogP contribution >= 0.6 is 0 Å². The van der Waals surface area contributed by atoms with E-state index >= 15 is 0 Å². The van der Waals surface area contributed by atoms with E-state index in [4.69, 9.17) is 14.6 Å². The lowest BCUT2D eigenvalue weighted by atomic mass is 10.0. The highest BCUT2D eigenvalue weighted by Gasteiger charge is 2.40. The van der Waals surface area contributed by atoms with E-state index < -0.39 is 24.4 Å². The summed E-state index contributed by atoms with van der Waals surface area (Å²) in [7, 11) is 0. The van der Waals surface area contributed by atoms with Crippen molar-refractivity contribution in [2.45, 2.75) is 134 Å². The van der Waals surface area contributed by atoms with Crippen LogP contribution in [0.1, 0.15) is 110 Å². The van der Waals surface area contributed by atoms with E-state index in [1.807, 2.05) is 0 Å². The number of aliphatic hydroxyl groups is 3. The standard InChI is InChI=1S/C26H50O5/c1-2-3-4-5-6-7-8-9-10-11-12-13-14-15-16-17-18-19-20-30-26-24(29)22-31-25(26)23(28)21-27/h2-3,23-29H,4-22H2,1H3/b3-2+/t23-,24+,25+,26+/m1/s1. The van der Waals surface area contributed by atoms with Gasteiger partial charge in [-0.3, -0.25) is 0 Å². The third-order valence-corrected chi connectivity index (χ3v) is 6.29. The predicted octanol–water partition coefficient (Wildman–Crippen LogP) is 5.30. The maximum Gasteiger partial charge on any atom is 0.114 e. The number of hydrogen-bond donors (Lipinski definition) is 3. The van der Waals surface area contributed by atoms with Gasteiger partial charge in [-0.1, -0.05) is 95.6 Å². The van der Waals surface area contributed by atoms with Crippen molar-refractivity contribution in [1.29, 1.82) is 0 Å². The fourth-order valence-corrected chi connectivity index (χ4v) is 4.31. The van der Waals surface area contributed by atoms with Gasteiger partial charge in [0.2, 0.25) is 0 Å². The maximum absolute atomic E-state index is 9.91. The van der Waals surface area contributed by atoms with Gasteiger partial charge in [-0.25, -0.2) is 0 Å². The van der Waals surface area contributed by atoms with Crippen LogP contribution in [0.4, 0.5) is 0 Å². The molecule has 0 saturated carbocycles. The van der Waals surface area contributed by atoms with E-state index in [2.05, 4.69) is 19.1 Å². The Bertz CT molecular complexity index is 415. The van der Waals surface area contributed by atoms with Gasteiger partial charge in [-0.15, -0.1) is 0 Å². The molecule has 0 radical (unpaired) electrons. The largest absolute Gasteiger partial charge is 0.394 e. The zero-order chi connectivity index (χ0) is 22.6. The minimum absolute atomic E-state index is 0.156. The van der Waals surface area contributed by atoms with E-state index in [9.17, 15) is 10.2 Å². The molecule has 1 saturated heterocycles. The second-order valence-corrected chi connectivity index (χ2v) is 9.11. The normalized spacial score (nSPS) is 22.5. The van der Waals surface area contributed by atoms with E-state index in [-0.39, 0.29) is 13.2 Å². The predicted molar refractivity (Wildman–Crippen MR) is 127 cm³/mol. The average molecular weight is 443 g/mol. The zero-order valence-electron chi connectivity index (χ0n) is 20.1. The number of rotatable bonds is 21. The van der Waals surface area contributed by atoms with Crippen molar-refractivity contribution in [3.05, 3.63) is 12.2 Å². The first-order chi connectivity index (χ1) is 15.2. The van der Waals surface area contributed by atoms with Crippen molar-refractivity contribution < 1.29 is 24.8 Å². The van der Waals surface area contributed by atoms with E-state index in [0.29, 0.717) is 6.61 Å². The molecule has 1 aliphatic heterocycles. The van der Waals surface area contributed by atoms with Crippen LogP contribution in [0.5, 0.6) is 0 Å². The number of hydrogen-bond acceptors (Lipinski definition) is 5. The lowest BCUT2D eigenvalue weighted by molar-refractivity contribution is -0.0938. The van der Waals surface area contributed by atoms with Gasteiger partial charge >= 0.3 is 0 Å². The molecule has 0 amide bonds. The zero-order valence-corrected chi connectivity index (χ0v) is 20.1.